The van der Waals surface area contributed by atoms with E-state index < -0.39 is 11.6 Å². The number of nitrogens with one attached hydrogen (secondary N) is 1. The Morgan fingerprint density at radius 3 is 2.57 bits per heavy atom. The van der Waals surface area contributed by atoms with Crippen molar-refractivity contribution < 1.29 is 8.78 Å². The minimum atomic E-state index is -0.534. The van der Waals surface area contributed by atoms with Crippen LogP contribution in [0.5, 0.6) is 0 Å². The smallest absolute Gasteiger partial charge is 0.143 e. The molecule has 0 aromatic heterocycles. The molecule has 5 heteroatoms. The lowest BCUT2D eigenvalue weighted by Gasteiger charge is -2.20. The summed E-state index contributed by atoms with van der Waals surface area (Å²) in [6.07, 6.45) is 0.251. The third-order valence-electron chi connectivity index (χ3n) is 3.25. The second-order valence-electron chi connectivity index (χ2n) is 4.69. The maximum absolute atomic E-state index is 14.1. The lowest BCUT2D eigenvalue weighted by molar-refractivity contribution is 0.497. The monoisotopic (exact) mass is 417 g/mol. The Kier molecular flexibility index (Phi) is 5.90. The van der Waals surface area contributed by atoms with Crippen LogP contribution in [0.15, 0.2) is 45.3 Å². The van der Waals surface area contributed by atoms with Crippen molar-refractivity contribution in [3.8, 4) is 0 Å². The molecule has 0 amide bonds. The van der Waals surface area contributed by atoms with Crippen LogP contribution in [-0.2, 0) is 6.42 Å². The second kappa shape index (κ2) is 7.47. The molecule has 0 aliphatic rings. The standard InChI is InChI=1S/C16H15Br2F2N/c1-2-21-15(10-4-3-5-11(17)8-10)9-12-14(19)7-6-13(18)16(12)20/h3-8,15,21H,2,9H2,1H3. The third kappa shape index (κ3) is 4.11. The normalized spacial score (nSPS) is 12.4. The SMILES string of the molecule is CCNC(Cc1c(F)ccc(Br)c1F)c1cccc(Br)c1. The lowest BCUT2D eigenvalue weighted by atomic mass is 9.98. The Morgan fingerprint density at radius 2 is 1.90 bits per heavy atom. The van der Waals surface area contributed by atoms with Gasteiger partial charge in [-0.1, -0.05) is 35.0 Å². The van der Waals surface area contributed by atoms with Crippen LogP contribution in [0, 0.1) is 11.6 Å². The highest BCUT2D eigenvalue weighted by Gasteiger charge is 2.18. The Morgan fingerprint density at radius 1 is 1.14 bits per heavy atom. The summed E-state index contributed by atoms with van der Waals surface area (Å²) in [5, 5.41) is 3.28. The maximum Gasteiger partial charge on any atom is 0.143 e. The van der Waals surface area contributed by atoms with Crippen LogP contribution in [0.4, 0.5) is 8.78 Å². The van der Waals surface area contributed by atoms with Gasteiger partial charge < -0.3 is 5.32 Å². The first kappa shape index (κ1) is 16.6. The molecule has 1 N–H and O–H groups in total. The van der Waals surface area contributed by atoms with Crippen LogP contribution in [0.25, 0.3) is 0 Å². The number of hydrogen-bond acceptors (Lipinski definition) is 1. The Labute approximate surface area is 140 Å². The summed E-state index contributed by atoms with van der Waals surface area (Å²) in [7, 11) is 0. The van der Waals surface area contributed by atoms with E-state index in [1.54, 1.807) is 0 Å². The Hall–Kier alpha value is -0.780. The van der Waals surface area contributed by atoms with Gasteiger partial charge in [0, 0.05) is 16.1 Å². The quantitative estimate of drug-likeness (QED) is 0.642. The molecule has 21 heavy (non-hydrogen) atoms. The molecule has 0 heterocycles. The van der Waals surface area contributed by atoms with Crippen molar-refractivity contribution in [1.29, 1.82) is 0 Å². The van der Waals surface area contributed by atoms with Crippen LogP contribution in [-0.4, -0.2) is 6.54 Å². The molecular formula is C16H15Br2F2N. The molecule has 0 fully saturated rings. The first-order valence-electron chi connectivity index (χ1n) is 6.64. The second-order valence-corrected chi connectivity index (χ2v) is 6.46. The fourth-order valence-corrected chi connectivity index (χ4v) is 3.03. The maximum atomic E-state index is 14.1. The largest absolute Gasteiger partial charge is 0.310 e. The van der Waals surface area contributed by atoms with E-state index in [4.69, 9.17) is 0 Å². The zero-order valence-corrected chi connectivity index (χ0v) is 14.6. The highest BCUT2D eigenvalue weighted by molar-refractivity contribution is 9.10. The zero-order chi connectivity index (χ0) is 15.4. The van der Waals surface area contributed by atoms with Crippen LogP contribution >= 0.6 is 31.9 Å². The summed E-state index contributed by atoms with van der Waals surface area (Å²) < 4.78 is 29.3. The molecule has 112 valence electrons. The fourth-order valence-electron chi connectivity index (χ4n) is 2.24. The minimum absolute atomic E-state index is 0.0929. The van der Waals surface area contributed by atoms with Gasteiger partial charge in [0.1, 0.15) is 11.6 Å². The average Bonchev–Trinajstić information content (AvgIpc) is 2.46. The predicted molar refractivity (Wildman–Crippen MR) is 88.3 cm³/mol. The molecule has 2 rings (SSSR count). The minimum Gasteiger partial charge on any atom is -0.310 e. The van der Waals surface area contributed by atoms with E-state index in [0.717, 1.165) is 10.0 Å². The predicted octanol–water partition coefficient (Wildman–Crippen LogP) is 5.38. The number of hydrogen-bond donors (Lipinski definition) is 1. The molecule has 2 aromatic rings. The van der Waals surface area contributed by atoms with Crippen LogP contribution in [0.3, 0.4) is 0 Å². The summed E-state index contributed by atoms with van der Waals surface area (Å²) in [6.45, 7) is 2.69. The van der Waals surface area contributed by atoms with Crippen LogP contribution in [0.2, 0.25) is 0 Å². The molecule has 0 saturated heterocycles. The Bertz CT molecular complexity index is 632. The number of benzene rings is 2. The van der Waals surface area contributed by atoms with Crippen molar-refractivity contribution in [3.05, 3.63) is 68.1 Å². The van der Waals surface area contributed by atoms with E-state index in [9.17, 15) is 8.78 Å². The van der Waals surface area contributed by atoms with E-state index in [1.165, 1.54) is 12.1 Å². The van der Waals surface area contributed by atoms with Gasteiger partial charge in [0.15, 0.2) is 0 Å². The van der Waals surface area contributed by atoms with Crippen molar-refractivity contribution >= 4 is 31.9 Å². The number of halogens is 4. The average molecular weight is 419 g/mol. The van der Waals surface area contributed by atoms with Gasteiger partial charge in [-0.25, -0.2) is 8.78 Å². The molecule has 0 bridgehead atoms. The molecule has 0 radical (unpaired) electrons. The van der Waals surface area contributed by atoms with Gasteiger partial charge in [0.05, 0.1) is 4.47 Å². The summed E-state index contributed by atoms with van der Waals surface area (Å²) in [4.78, 5) is 0. The third-order valence-corrected chi connectivity index (χ3v) is 4.35. The molecule has 1 atom stereocenters. The van der Waals surface area contributed by atoms with Gasteiger partial charge in [-0.05, 0) is 58.7 Å². The fraction of sp³-hybridized carbons (Fsp3) is 0.250. The van der Waals surface area contributed by atoms with Crippen molar-refractivity contribution in [2.75, 3.05) is 6.54 Å². The molecule has 1 unspecified atom stereocenters. The first-order chi connectivity index (χ1) is 10.0. The molecule has 1 nitrogen and oxygen atoms in total. The molecular weight excluding hydrogens is 404 g/mol. The van der Waals surface area contributed by atoms with Crippen molar-refractivity contribution in [1.82, 2.24) is 5.32 Å². The molecule has 0 aliphatic carbocycles. The van der Waals surface area contributed by atoms with E-state index in [2.05, 4.69) is 37.2 Å². The van der Waals surface area contributed by atoms with E-state index in [-0.39, 0.29) is 22.5 Å². The molecule has 0 saturated carbocycles. The van der Waals surface area contributed by atoms with Crippen molar-refractivity contribution in [2.24, 2.45) is 0 Å². The van der Waals surface area contributed by atoms with Gasteiger partial charge in [-0.15, -0.1) is 0 Å². The number of rotatable bonds is 5. The highest BCUT2D eigenvalue weighted by atomic mass is 79.9. The first-order valence-corrected chi connectivity index (χ1v) is 8.22. The summed E-state index contributed by atoms with van der Waals surface area (Å²) in [5.41, 5.74) is 1.08. The van der Waals surface area contributed by atoms with Crippen molar-refractivity contribution in [3.63, 3.8) is 0 Å². The Balaban J connectivity index is 2.35. The zero-order valence-electron chi connectivity index (χ0n) is 11.5. The summed E-state index contributed by atoms with van der Waals surface area (Å²) >= 11 is 6.53. The molecule has 0 spiro atoms. The van der Waals surface area contributed by atoms with E-state index in [1.807, 2.05) is 31.2 Å². The van der Waals surface area contributed by atoms with Gasteiger partial charge in [0.2, 0.25) is 0 Å². The van der Waals surface area contributed by atoms with Gasteiger partial charge in [-0.2, -0.15) is 0 Å². The van der Waals surface area contributed by atoms with Gasteiger partial charge >= 0.3 is 0 Å². The van der Waals surface area contributed by atoms with Crippen LogP contribution < -0.4 is 5.32 Å². The summed E-state index contributed by atoms with van der Waals surface area (Å²) in [6, 6.07) is 10.3. The lowest BCUT2D eigenvalue weighted by Crippen LogP contribution is -2.24. The van der Waals surface area contributed by atoms with Gasteiger partial charge in [-0.3, -0.25) is 0 Å². The number of likely N-dealkylation sites (N-methyl/N-ethyl adjacent to an activating group) is 1. The van der Waals surface area contributed by atoms with Gasteiger partial charge in [0.25, 0.3) is 0 Å². The van der Waals surface area contributed by atoms with E-state index >= 15 is 0 Å². The van der Waals surface area contributed by atoms with Crippen LogP contribution in [0.1, 0.15) is 24.1 Å². The van der Waals surface area contributed by atoms with Crippen molar-refractivity contribution in [2.45, 2.75) is 19.4 Å². The van der Waals surface area contributed by atoms with E-state index in [0.29, 0.717) is 6.54 Å². The topological polar surface area (TPSA) is 12.0 Å². The summed E-state index contributed by atoms with van der Waals surface area (Å²) in [5.74, 6) is -1.05. The molecule has 2 aromatic carbocycles. The highest BCUT2D eigenvalue weighted by Crippen LogP contribution is 2.27. The molecule has 0 aliphatic heterocycles.